The van der Waals surface area contributed by atoms with Gasteiger partial charge in [-0.25, -0.2) is 0 Å². The Bertz CT molecular complexity index is 442. The number of aryl methyl sites for hydroxylation is 1. The normalized spacial score (nSPS) is 22.4. The quantitative estimate of drug-likeness (QED) is 0.723. The summed E-state index contributed by atoms with van der Waals surface area (Å²) in [6.07, 6.45) is 4.20. The average molecular weight is 263 g/mol. The summed E-state index contributed by atoms with van der Waals surface area (Å²) in [4.78, 5) is 16.3. The van der Waals surface area contributed by atoms with Crippen LogP contribution in [0.1, 0.15) is 35.8 Å². The van der Waals surface area contributed by atoms with Crippen molar-refractivity contribution in [3.05, 3.63) is 29.6 Å². The summed E-state index contributed by atoms with van der Waals surface area (Å²) >= 11 is 0. The number of aromatic nitrogens is 1. The van der Waals surface area contributed by atoms with Crippen molar-refractivity contribution in [2.24, 2.45) is 0 Å². The molecular formula is C14H21N3O2. The van der Waals surface area contributed by atoms with E-state index in [1.807, 2.05) is 6.07 Å². The number of rotatable bonds is 5. The molecule has 1 aromatic heterocycles. The predicted octanol–water partition coefficient (Wildman–Crippen LogP) is 0.488. The highest BCUT2D eigenvalue weighted by Gasteiger charge is 2.31. The van der Waals surface area contributed by atoms with Crippen molar-refractivity contribution in [2.75, 3.05) is 19.6 Å². The molecule has 2 heterocycles. The van der Waals surface area contributed by atoms with E-state index in [-0.39, 0.29) is 12.5 Å². The van der Waals surface area contributed by atoms with Gasteiger partial charge in [0.15, 0.2) is 0 Å². The Labute approximate surface area is 113 Å². The van der Waals surface area contributed by atoms with Crippen LogP contribution < -0.4 is 10.6 Å². The van der Waals surface area contributed by atoms with E-state index in [2.05, 4.69) is 22.5 Å². The van der Waals surface area contributed by atoms with Gasteiger partial charge in [-0.05, 0) is 31.5 Å². The summed E-state index contributed by atoms with van der Waals surface area (Å²) in [7, 11) is 0. The number of amides is 1. The monoisotopic (exact) mass is 263 g/mol. The van der Waals surface area contributed by atoms with Gasteiger partial charge in [-0.1, -0.05) is 13.3 Å². The van der Waals surface area contributed by atoms with E-state index >= 15 is 0 Å². The Balaban J connectivity index is 1.93. The molecule has 0 bridgehead atoms. The second kappa shape index (κ2) is 6.12. The lowest BCUT2D eigenvalue weighted by Gasteiger charge is -2.21. The van der Waals surface area contributed by atoms with Crippen LogP contribution in [0.2, 0.25) is 0 Å². The van der Waals surface area contributed by atoms with Crippen molar-refractivity contribution < 1.29 is 9.90 Å². The second-order valence-corrected chi connectivity index (χ2v) is 5.12. The number of nitrogens with one attached hydrogen (secondary N) is 2. The number of hydrogen-bond donors (Lipinski definition) is 3. The molecule has 0 aromatic carbocycles. The number of aliphatic hydroxyl groups is 1. The lowest BCUT2D eigenvalue weighted by atomic mass is 10.0. The third-order valence-corrected chi connectivity index (χ3v) is 3.38. The van der Waals surface area contributed by atoms with Gasteiger partial charge in [-0.3, -0.25) is 9.78 Å². The zero-order valence-electron chi connectivity index (χ0n) is 11.3. The maximum absolute atomic E-state index is 12.0. The number of carbonyl (C=O) groups excluding carboxylic acids is 1. The third kappa shape index (κ3) is 3.75. The average Bonchev–Trinajstić information content (AvgIpc) is 2.84. The summed E-state index contributed by atoms with van der Waals surface area (Å²) in [5.74, 6) is -0.153. The lowest BCUT2D eigenvalue weighted by Crippen LogP contribution is -2.44. The highest BCUT2D eigenvalue weighted by atomic mass is 16.3. The molecule has 3 N–H and O–H groups in total. The van der Waals surface area contributed by atoms with Gasteiger partial charge in [-0.2, -0.15) is 0 Å². The minimum Gasteiger partial charge on any atom is -0.387 e. The van der Waals surface area contributed by atoms with Gasteiger partial charge in [0.25, 0.3) is 5.91 Å². The molecule has 0 spiro atoms. The van der Waals surface area contributed by atoms with Crippen LogP contribution in [0.4, 0.5) is 0 Å². The Kier molecular flexibility index (Phi) is 4.50. The number of pyridine rings is 1. The first-order chi connectivity index (χ1) is 9.13. The fourth-order valence-electron chi connectivity index (χ4n) is 2.24. The van der Waals surface area contributed by atoms with Gasteiger partial charge in [-0.15, -0.1) is 0 Å². The molecule has 1 aliphatic rings. The van der Waals surface area contributed by atoms with Gasteiger partial charge in [0.2, 0.25) is 0 Å². The predicted molar refractivity (Wildman–Crippen MR) is 73.0 cm³/mol. The van der Waals surface area contributed by atoms with Crippen LogP contribution >= 0.6 is 0 Å². The van der Waals surface area contributed by atoms with Gasteiger partial charge >= 0.3 is 0 Å². The molecule has 1 aliphatic heterocycles. The molecular weight excluding hydrogens is 242 g/mol. The van der Waals surface area contributed by atoms with E-state index in [1.165, 1.54) is 0 Å². The highest BCUT2D eigenvalue weighted by molar-refractivity contribution is 5.94. The standard InChI is InChI=1S/C14H21N3O2/c1-2-3-12-8-11(4-6-16-12)13(18)17-10-14(19)5-7-15-9-14/h4,6,8,15,19H,2-3,5,7,9-10H2,1H3,(H,17,18). The molecule has 0 saturated carbocycles. The van der Waals surface area contributed by atoms with E-state index in [4.69, 9.17) is 0 Å². The minimum atomic E-state index is -0.811. The number of hydrogen-bond acceptors (Lipinski definition) is 4. The summed E-state index contributed by atoms with van der Waals surface area (Å²) in [6, 6.07) is 3.52. The van der Waals surface area contributed by atoms with Crippen molar-refractivity contribution in [3.8, 4) is 0 Å². The SMILES string of the molecule is CCCc1cc(C(=O)NCC2(O)CCNC2)ccn1. The topological polar surface area (TPSA) is 74.2 Å². The largest absolute Gasteiger partial charge is 0.387 e. The van der Waals surface area contributed by atoms with Crippen LogP contribution in [-0.2, 0) is 6.42 Å². The van der Waals surface area contributed by atoms with Crippen molar-refractivity contribution in [1.82, 2.24) is 15.6 Å². The molecule has 5 nitrogen and oxygen atoms in total. The first-order valence-electron chi connectivity index (χ1n) is 6.79. The molecule has 0 aliphatic carbocycles. The molecule has 1 fully saturated rings. The zero-order valence-corrected chi connectivity index (χ0v) is 11.3. The first-order valence-corrected chi connectivity index (χ1v) is 6.79. The van der Waals surface area contributed by atoms with Gasteiger partial charge < -0.3 is 15.7 Å². The molecule has 5 heteroatoms. The molecule has 1 amide bonds. The van der Waals surface area contributed by atoms with Gasteiger partial charge in [0.05, 0.1) is 5.60 Å². The van der Waals surface area contributed by atoms with Crippen LogP contribution in [0.3, 0.4) is 0 Å². The summed E-state index contributed by atoms with van der Waals surface area (Å²) in [5.41, 5.74) is 0.721. The van der Waals surface area contributed by atoms with Gasteiger partial charge in [0, 0.05) is 30.5 Å². The lowest BCUT2D eigenvalue weighted by molar-refractivity contribution is 0.0562. The van der Waals surface area contributed by atoms with E-state index in [9.17, 15) is 9.90 Å². The van der Waals surface area contributed by atoms with Gasteiger partial charge in [0.1, 0.15) is 0 Å². The summed E-state index contributed by atoms with van der Waals surface area (Å²) in [6.45, 7) is 3.69. The molecule has 1 aromatic rings. The van der Waals surface area contributed by atoms with Crippen LogP contribution in [0, 0.1) is 0 Å². The van der Waals surface area contributed by atoms with Crippen molar-refractivity contribution in [3.63, 3.8) is 0 Å². The highest BCUT2D eigenvalue weighted by Crippen LogP contribution is 2.13. The summed E-state index contributed by atoms with van der Waals surface area (Å²) < 4.78 is 0. The molecule has 1 saturated heterocycles. The van der Waals surface area contributed by atoms with E-state index < -0.39 is 5.60 Å². The van der Waals surface area contributed by atoms with Crippen LogP contribution in [0.5, 0.6) is 0 Å². The molecule has 104 valence electrons. The van der Waals surface area contributed by atoms with Crippen molar-refractivity contribution in [2.45, 2.75) is 31.8 Å². The Morgan fingerprint density at radius 3 is 3.16 bits per heavy atom. The molecule has 0 radical (unpaired) electrons. The fourth-order valence-corrected chi connectivity index (χ4v) is 2.24. The minimum absolute atomic E-state index is 0.153. The van der Waals surface area contributed by atoms with Crippen molar-refractivity contribution in [1.29, 1.82) is 0 Å². The number of β-amino-alcohol motifs (C(OH)–C–C–N with tert-alkyl or cyclic N) is 1. The molecule has 1 atom stereocenters. The van der Waals surface area contributed by atoms with E-state index in [0.29, 0.717) is 18.5 Å². The summed E-state index contributed by atoms with van der Waals surface area (Å²) in [5, 5.41) is 16.0. The van der Waals surface area contributed by atoms with E-state index in [0.717, 1.165) is 25.1 Å². The van der Waals surface area contributed by atoms with Crippen LogP contribution in [-0.4, -0.2) is 41.2 Å². The second-order valence-electron chi connectivity index (χ2n) is 5.12. The van der Waals surface area contributed by atoms with Crippen LogP contribution in [0.15, 0.2) is 18.3 Å². The Morgan fingerprint density at radius 1 is 1.63 bits per heavy atom. The fraction of sp³-hybridized carbons (Fsp3) is 0.571. The third-order valence-electron chi connectivity index (χ3n) is 3.38. The van der Waals surface area contributed by atoms with Crippen LogP contribution in [0.25, 0.3) is 0 Å². The van der Waals surface area contributed by atoms with Crippen molar-refractivity contribution >= 4 is 5.91 Å². The smallest absolute Gasteiger partial charge is 0.251 e. The molecule has 2 rings (SSSR count). The Morgan fingerprint density at radius 2 is 2.47 bits per heavy atom. The number of carbonyl (C=O) groups is 1. The maximum atomic E-state index is 12.0. The first kappa shape index (κ1) is 14.0. The molecule has 1 unspecified atom stereocenters. The number of nitrogens with zero attached hydrogens (tertiary/aromatic N) is 1. The maximum Gasteiger partial charge on any atom is 0.251 e. The van der Waals surface area contributed by atoms with E-state index in [1.54, 1.807) is 12.3 Å². The molecule has 19 heavy (non-hydrogen) atoms. The zero-order chi connectivity index (χ0) is 13.7. The Hall–Kier alpha value is -1.46.